The zero-order chi connectivity index (χ0) is 12.4. The van der Waals surface area contributed by atoms with Gasteiger partial charge >= 0.3 is 0 Å². The zero-order valence-electron chi connectivity index (χ0n) is 10.5. The van der Waals surface area contributed by atoms with E-state index < -0.39 is 0 Å². The number of aromatic nitrogens is 1. The molecule has 2 nitrogen and oxygen atoms in total. The van der Waals surface area contributed by atoms with Crippen molar-refractivity contribution in [1.29, 1.82) is 0 Å². The summed E-state index contributed by atoms with van der Waals surface area (Å²) in [5.74, 6) is 0.385. The molecule has 0 atom stereocenters. The number of hydrogen-bond acceptors (Lipinski definition) is 1. The van der Waals surface area contributed by atoms with Gasteiger partial charge in [-0.15, -0.1) is 0 Å². The molecule has 2 aromatic rings. The summed E-state index contributed by atoms with van der Waals surface area (Å²) in [4.78, 5) is 12.0. The number of pyridine rings is 1. The summed E-state index contributed by atoms with van der Waals surface area (Å²) in [6.07, 6.45) is 1.85. The first-order chi connectivity index (χ1) is 8.08. The topological polar surface area (TPSA) is 22.0 Å². The first-order valence-corrected chi connectivity index (χ1v) is 5.87. The van der Waals surface area contributed by atoms with E-state index in [4.69, 9.17) is 0 Å². The van der Waals surface area contributed by atoms with Crippen LogP contribution in [-0.2, 0) is 0 Å². The Balaban J connectivity index is 2.47. The van der Waals surface area contributed by atoms with Gasteiger partial charge in [-0.2, -0.15) is 0 Å². The van der Waals surface area contributed by atoms with Crippen LogP contribution in [0.15, 0.2) is 47.4 Å². The predicted molar refractivity (Wildman–Crippen MR) is 70.9 cm³/mol. The van der Waals surface area contributed by atoms with E-state index in [0.717, 1.165) is 11.3 Å². The maximum Gasteiger partial charge on any atom is 0.255 e. The molecule has 0 unspecified atom stereocenters. The average Bonchev–Trinajstić information content (AvgIpc) is 2.30. The molecule has 0 spiro atoms. The number of benzene rings is 1. The SMILES string of the molecule is Cc1ccc(-n2ccc(C(C)C)cc2=O)cc1. The maximum absolute atomic E-state index is 12.0. The highest BCUT2D eigenvalue weighted by Crippen LogP contribution is 2.13. The van der Waals surface area contributed by atoms with E-state index in [-0.39, 0.29) is 5.56 Å². The van der Waals surface area contributed by atoms with Crippen LogP contribution in [0.4, 0.5) is 0 Å². The van der Waals surface area contributed by atoms with E-state index in [1.165, 1.54) is 5.56 Å². The molecule has 2 heteroatoms. The highest BCUT2D eigenvalue weighted by atomic mass is 16.1. The summed E-state index contributed by atoms with van der Waals surface area (Å²) in [5.41, 5.74) is 3.22. The van der Waals surface area contributed by atoms with Crippen molar-refractivity contribution in [2.24, 2.45) is 0 Å². The Morgan fingerprint density at radius 2 is 1.71 bits per heavy atom. The second kappa shape index (κ2) is 4.58. The maximum atomic E-state index is 12.0. The van der Waals surface area contributed by atoms with Gasteiger partial charge in [-0.3, -0.25) is 9.36 Å². The largest absolute Gasteiger partial charge is 0.284 e. The normalized spacial score (nSPS) is 10.8. The molecule has 88 valence electrons. The summed E-state index contributed by atoms with van der Waals surface area (Å²) in [6.45, 7) is 6.21. The van der Waals surface area contributed by atoms with Gasteiger partial charge in [-0.25, -0.2) is 0 Å². The fourth-order valence-corrected chi connectivity index (χ4v) is 1.77. The molecule has 0 aliphatic rings. The lowest BCUT2D eigenvalue weighted by molar-refractivity contribution is 0.847. The van der Waals surface area contributed by atoms with Gasteiger partial charge in [0.25, 0.3) is 5.56 Å². The lowest BCUT2D eigenvalue weighted by Crippen LogP contribution is -2.17. The van der Waals surface area contributed by atoms with Crippen LogP contribution in [0.5, 0.6) is 0 Å². The molecule has 0 aliphatic heterocycles. The molecular formula is C15H17NO. The van der Waals surface area contributed by atoms with Crippen molar-refractivity contribution in [2.45, 2.75) is 26.7 Å². The number of aryl methyl sites for hydroxylation is 1. The Morgan fingerprint density at radius 3 is 2.24 bits per heavy atom. The van der Waals surface area contributed by atoms with Gasteiger partial charge in [0.2, 0.25) is 0 Å². The lowest BCUT2D eigenvalue weighted by Gasteiger charge is -2.09. The van der Waals surface area contributed by atoms with Crippen molar-refractivity contribution in [3.63, 3.8) is 0 Å². The van der Waals surface area contributed by atoms with Crippen LogP contribution >= 0.6 is 0 Å². The standard InChI is InChI=1S/C15H17NO/c1-11(2)13-8-9-16(15(17)10-13)14-6-4-12(3)5-7-14/h4-11H,1-3H3. The van der Waals surface area contributed by atoms with E-state index >= 15 is 0 Å². The van der Waals surface area contributed by atoms with E-state index in [2.05, 4.69) is 13.8 Å². The van der Waals surface area contributed by atoms with Crippen molar-refractivity contribution in [3.05, 3.63) is 64.1 Å². The molecule has 1 aromatic carbocycles. The van der Waals surface area contributed by atoms with Crippen molar-refractivity contribution >= 4 is 0 Å². The Hall–Kier alpha value is -1.83. The van der Waals surface area contributed by atoms with E-state index in [1.807, 2.05) is 43.5 Å². The molecule has 0 aliphatic carbocycles. The highest BCUT2D eigenvalue weighted by Gasteiger charge is 2.03. The van der Waals surface area contributed by atoms with Crippen LogP contribution in [0.3, 0.4) is 0 Å². The Morgan fingerprint density at radius 1 is 1.06 bits per heavy atom. The third-order valence-electron chi connectivity index (χ3n) is 2.92. The molecule has 0 amide bonds. The van der Waals surface area contributed by atoms with Crippen molar-refractivity contribution in [3.8, 4) is 5.69 Å². The van der Waals surface area contributed by atoms with Crippen molar-refractivity contribution in [1.82, 2.24) is 4.57 Å². The van der Waals surface area contributed by atoms with Crippen LogP contribution in [0.25, 0.3) is 5.69 Å². The minimum absolute atomic E-state index is 0.0278. The molecule has 17 heavy (non-hydrogen) atoms. The number of hydrogen-bond donors (Lipinski definition) is 0. The summed E-state index contributed by atoms with van der Waals surface area (Å²) in [6, 6.07) is 11.7. The quantitative estimate of drug-likeness (QED) is 0.771. The average molecular weight is 227 g/mol. The smallest absolute Gasteiger partial charge is 0.255 e. The Kier molecular flexibility index (Phi) is 3.14. The molecule has 0 fully saturated rings. The van der Waals surface area contributed by atoms with Gasteiger partial charge in [0.05, 0.1) is 0 Å². The van der Waals surface area contributed by atoms with Gasteiger partial charge in [-0.1, -0.05) is 31.5 Å². The summed E-state index contributed by atoms with van der Waals surface area (Å²) >= 11 is 0. The molecule has 0 saturated heterocycles. The lowest BCUT2D eigenvalue weighted by atomic mass is 10.1. The van der Waals surface area contributed by atoms with Gasteiger partial charge in [-0.05, 0) is 36.6 Å². The highest BCUT2D eigenvalue weighted by molar-refractivity contribution is 5.35. The van der Waals surface area contributed by atoms with Gasteiger partial charge in [0.1, 0.15) is 0 Å². The van der Waals surface area contributed by atoms with Crippen molar-refractivity contribution in [2.75, 3.05) is 0 Å². The van der Waals surface area contributed by atoms with Crippen LogP contribution in [0, 0.1) is 6.92 Å². The van der Waals surface area contributed by atoms with Crippen LogP contribution in [0.1, 0.15) is 30.9 Å². The third-order valence-corrected chi connectivity index (χ3v) is 2.92. The van der Waals surface area contributed by atoms with Gasteiger partial charge < -0.3 is 0 Å². The van der Waals surface area contributed by atoms with Crippen molar-refractivity contribution < 1.29 is 0 Å². The van der Waals surface area contributed by atoms with E-state index in [1.54, 1.807) is 10.6 Å². The molecule has 0 N–H and O–H groups in total. The Labute approximate surface area is 102 Å². The molecule has 2 rings (SSSR count). The summed E-state index contributed by atoms with van der Waals surface area (Å²) in [5, 5.41) is 0. The molecule has 0 bridgehead atoms. The summed E-state index contributed by atoms with van der Waals surface area (Å²) in [7, 11) is 0. The molecular weight excluding hydrogens is 210 g/mol. The second-order valence-electron chi connectivity index (χ2n) is 4.66. The summed E-state index contributed by atoms with van der Waals surface area (Å²) < 4.78 is 1.67. The van der Waals surface area contributed by atoms with Crippen LogP contribution < -0.4 is 5.56 Å². The number of nitrogens with zero attached hydrogens (tertiary/aromatic N) is 1. The number of rotatable bonds is 2. The van der Waals surface area contributed by atoms with Gasteiger partial charge in [0, 0.05) is 18.0 Å². The minimum Gasteiger partial charge on any atom is -0.284 e. The first kappa shape index (κ1) is 11.6. The van der Waals surface area contributed by atoms with Crippen LogP contribution in [0.2, 0.25) is 0 Å². The fourth-order valence-electron chi connectivity index (χ4n) is 1.77. The molecule has 1 aromatic heterocycles. The minimum atomic E-state index is 0.0278. The molecule has 0 radical (unpaired) electrons. The first-order valence-electron chi connectivity index (χ1n) is 5.87. The van der Waals surface area contributed by atoms with Crippen LogP contribution in [-0.4, -0.2) is 4.57 Å². The Bertz CT molecular complexity index is 564. The fraction of sp³-hybridized carbons (Fsp3) is 0.267. The molecule has 0 saturated carbocycles. The predicted octanol–water partition coefficient (Wildman–Crippen LogP) is 3.27. The zero-order valence-corrected chi connectivity index (χ0v) is 10.5. The van der Waals surface area contributed by atoms with Gasteiger partial charge in [0.15, 0.2) is 0 Å². The second-order valence-corrected chi connectivity index (χ2v) is 4.66. The van der Waals surface area contributed by atoms with E-state index in [0.29, 0.717) is 5.92 Å². The third kappa shape index (κ3) is 2.47. The van der Waals surface area contributed by atoms with E-state index in [9.17, 15) is 4.79 Å². The molecule has 1 heterocycles. The monoisotopic (exact) mass is 227 g/mol.